The minimum atomic E-state index is 0.144. The highest BCUT2D eigenvalue weighted by atomic mass is 32.2. The number of fused-ring (bicyclic) bond motifs is 2. The molecule has 0 aliphatic carbocycles. The average molecular weight is 258 g/mol. The van der Waals surface area contributed by atoms with Crippen LogP contribution in [-0.4, -0.2) is 6.26 Å². The zero-order valence-corrected chi connectivity index (χ0v) is 10.9. The van der Waals surface area contributed by atoms with Crippen molar-refractivity contribution in [3.63, 3.8) is 0 Å². The zero-order valence-electron chi connectivity index (χ0n) is 9.27. The van der Waals surface area contributed by atoms with E-state index in [0.29, 0.717) is 0 Å². The van der Waals surface area contributed by atoms with Crippen LogP contribution in [0.15, 0.2) is 52.2 Å². The van der Waals surface area contributed by atoms with Crippen LogP contribution in [-0.2, 0) is 0 Å². The summed E-state index contributed by atoms with van der Waals surface area (Å²) in [5.41, 5.74) is 0.144. The molecule has 0 aliphatic heterocycles. The van der Waals surface area contributed by atoms with Gasteiger partial charge in [-0.05, 0) is 36.6 Å². The van der Waals surface area contributed by atoms with Crippen LogP contribution >= 0.6 is 23.1 Å². The number of benzene rings is 2. The molecule has 1 aromatic heterocycles. The first-order chi connectivity index (χ1) is 8.29. The van der Waals surface area contributed by atoms with Crippen LogP contribution in [0.4, 0.5) is 0 Å². The van der Waals surface area contributed by atoms with Gasteiger partial charge in [-0.25, -0.2) is 0 Å². The van der Waals surface area contributed by atoms with Gasteiger partial charge in [0.05, 0.1) is 0 Å². The van der Waals surface area contributed by atoms with E-state index in [1.165, 1.54) is 0 Å². The van der Waals surface area contributed by atoms with Crippen LogP contribution in [0.3, 0.4) is 0 Å². The van der Waals surface area contributed by atoms with Crippen molar-refractivity contribution in [3.8, 4) is 0 Å². The molecule has 0 saturated heterocycles. The maximum atomic E-state index is 12.4. The van der Waals surface area contributed by atoms with Crippen LogP contribution in [0.5, 0.6) is 0 Å². The smallest absolute Gasteiger partial charge is 0.195 e. The van der Waals surface area contributed by atoms with E-state index < -0.39 is 0 Å². The molecule has 0 saturated carbocycles. The van der Waals surface area contributed by atoms with Gasteiger partial charge in [0.15, 0.2) is 5.43 Å². The molecule has 0 aliphatic rings. The molecule has 84 valence electrons. The molecular weight excluding hydrogens is 248 g/mol. The second-order valence-electron chi connectivity index (χ2n) is 3.79. The highest BCUT2D eigenvalue weighted by molar-refractivity contribution is 7.98. The first kappa shape index (κ1) is 10.8. The van der Waals surface area contributed by atoms with Crippen LogP contribution in [0.1, 0.15) is 0 Å². The van der Waals surface area contributed by atoms with Gasteiger partial charge in [-0.2, -0.15) is 0 Å². The van der Waals surface area contributed by atoms with E-state index in [2.05, 4.69) is 6.07 Å². The molecule has 17 heavy (non-hydrogen) atoms. The van der Waals surface area contributed by atoms with Gasteiger partial charge in [0.25, 0.3) is 0 Å². The summed E-state index contributed by atoms with van der Waals surface area (Å²) in [6, 6.07) is 13.9. The standard InChI is InChI=1S/C14H10OS2/c1-16-9-6-7-13-11(8-9)14(15)10-4-2-3-5-12(10)17-13/h2-8H,1H3. The van der Waals surface area contributed by atoms with Crippen molar-refractivity contribution in [2.45, 2.75) is 4.90 Å². The van der Waals surface area contributed by atoms with Crippen molar-refractivity contribution < 1.29 is 0 Å². The summed E-state index contributed by atoms with van der Waals surface area (Å²) in [7, 11) is 0. The highest BCUT2D eigenvalue weighted by Crippen LogP contribution is 2.27. The molecule has 0 spiro atoms. The van der Waals surface area contributed by atoms with E-state index in [1.54, 1.807) is 23.1 Å². The molecule has 1 nitrogen and oxygen atoms in total. The van der Waals surface area contributed by atoms with Crippen LogP contribution in [0, 0.1) is 0 Å². The quantitative estimate of drug-likeness (QED) is 0.482. The van der Waals surface area contributed by atoms with E-state index in [0.717, 1.165) is 25.1 Å². The summed E-state index contributed by atoms with van der Waals surface area (Å²) in [5.74, 6) is 0. The molecule has 2 aromatic carbocycles. The maximum absolute atomic E-state index is 12.4. The van der Waals surface area contributed by atoms with Crippen LogP contribution < -0.4 is 5.43 Å². The van der Waals surface area contributed by atoms with Crippen LogP contribution in [0.25, 0.3) is 20.2 Å². The second kappa shape index (κ2) is 4.17. The molecule has 3 heteroatoms. The Morgan fingerprint density at radius 2 is 1.76 bits per heavy atom. The summed E-state index contributed by atoms with van der Waals surface area (Å²) in [5, 5.41) is 1.66. The minimum Gasteiger partial charge on any atom is -0.289 e. The van der Waals surface area contributed by atoms with Crippen molar-refractivity contribution in [2.75, 3.05) is 6.26 Å². The Balaban J connectivity index is 2.51. The normalized spacial score (nSPS) is 11.1. The summed E-state index contributed by atoms with van der Waals surface area (Å²) < 4.78 is 2.12. The third-order valence-corrected chi connectivity index (χ3v) is 4.66. The average Bonchev–Trinajstić information content (AvgIpc) is 2.39. The lowest BCUT2D eigenvalue weighted by Crippen LogP contribution is -2.00. The monoisotopic (exact) mass is 258 g/mol. The summed E-state index contributed by atoms with van der Waals surface area (Å²) in [6.07, 6.45) is 2.02. The van der Waals surface area contributed by atoms with E-state index in [-0.39, 0.29) is 5.43 Å². The Morgan fingerprint density at radius 1 is 1.00 bits per heavy atom. The van der Waals surface area contributed by atoms with Gasteiger partial charge in [0, 0.05) is 25.1 Å². The first-order valence-corrected chi connectivity index (χ1v) is 7.33. The molecule has 0 N–H and O–H groups in total. The fourth-order valence-corrected chi connectivity index (χ4v) is 3.40. The highest BCUT2D eigenvalue weighted by Gasteiger charge is 2.05. The van der Waals surface area contributed by atoms with Crippen LogP contribution in [0.2, 0.25) is 0 Å². The number of hydrogen-bond acceptors (Lipinski definition) is 3. The van der Waals surface area contributed by atoms with Crippen molar-refractivity contribution in [1.82, 2.24) is 0 Å². The van der Waals surface area contributed by atoms with E-state index >= 15 is 0 Å². The second-order valence-corrected chi connectivity index (χ2v) is 5.75. The fraction of sp³-hybridized carbons (Fsp3) is 0.0714. The van der Waals surface area contributed by atoms with Gasteiger partial charge in [0.1, 0.15) is 0 Å². The maximum Gasteiger partial charge on any atom is 0.195 e. The molecule has 0 radical (unpaired) electrons. The lowest BCUT2D eigenvalue weighted by Gasteiger charge is -2.02. The van der Waals surface area contributed by atoms with Gasteiger partial charge in [-0.15, -0.1) is 23.1 Å². The van der Waals surface area contributed by atoms with E-state index in [1.807, 2.05) is 42.7 Å². The summed E-state index contributed by atoms with van der Waals surface area (Å²) in [6.45, 7) is 0. The molecule has 0 amide bonds. The topological polar surface area (TPSA) is 17.1 Å². The lowest BCUT2D eigenvalue weighted by atomic mass is 10.2. The SMILES string of the molecule is CSc1ccc2sc3ccccc3c(=O)c2c1. The lowest BCUT2D eigenvalue weighted by molar-refractivity contribution is 1.52. The Hall–Kier alpha value is -1.32. The molecular formula is C14H10OS2. The third-order valence-electron chi connectivity index (χ3n) is 2.78. The summed E-state index contributed by atoms with van der Waals surface area (Å²) >= 11 is 3.34. The van der Waals surface area contributed by atoms with Gasteiger partial charge in [-0.1, -0.05) is 12.1 Å². The zero-order chi connectivity index (χ0) is 11.8. The van der Waals surface area contributed by atoms with Crippen molar-refractivity contribution in [3.05, 3.63) is 52.7 Å². The van der Waals surface area contributed by atoms with Gasteiger partial charge in [0.2, 0.25) is 0 Å². The molecule has 0 unspecified atom stereocenters. The van der Waals surface area contributed by atoms with Crippen molar-refractivity contribution in [2.24, 2.45) is 0 Å². The molecule has 3 rings (SSSR count). The molecule has 0 atom stereocenters. The van der Waals surface area contributed by atoms with Gasteiger partial charge >= 0.3 is 0 Å². The first-order valence-electron chi connectivity index (χ1n) is 5.29. The molecule has 3 aromatic rings. The van der Waals surface area contributed by atoms with Gasteiger partial charge < -0.3 is 0 Å². The predicted molar refractivity (Wildman–Crippen MR) is 77.4 cm³/mol. The molecule has 0 fully saturated rings. The molecule has 0 bridgehead atoms. The van der Waals surface area contributed by atoms with E-state index in [9.17, 15) is 4.79 Å². The summed E-state index contributed by atoms with van der Waals surface area (Å²) in [4.78, 5) is 13.5. The third kappa shape index (κ3) is 1.75. The Kier molecular flexibility index (Phi) is 2.65. The number of rotatable bonds is 1. The van der Waals surface area contributed by atoms with Crippen molar-refractivity contribution in [1.29, 1.82) is 0 Å². The van der Waals surface area contributed by atoms with E-state index in [4.69, 9.17) is 0 Å². The molecule has 1 heterocycles. The predicted octanol–water partition coefficient (Wildman–Crippen LogP) is 4.14. The van der Waals surface area contributed by atoms with Gasteiger partial charge in [-0.3, -0.25) is 4.79 Å². The minimum absolute atomic E-state index is 0.144. The largest absolute Gasteiger partial charge is 0.289 e. The fourth-order valence-electron chi connectivity index (χ4n) is 1.91. The number of hydrogen-bond donors (Lipinski definition) is 0. The van der Waals surface area contributed by atoms with Crippen molar-refractivity contribution >= 4 is 43.3 Å². The number of thioether (sulfide) groups is 1. The Morgan fingerprint density at radius 3 is 2.59 bits per heavy atom. The Bertz CT molecular complexity index is 759. The Labute approximate surface area is 107 Å².